The third-order valence-electron chi connectivity index (χ3n) is 2.03. The van der Waals surface area contributed by atoms with E-state index in [1.807, 2.05) is 33.8 Å². The van der Waals surface area contributed by atoms with Crippen molar-refractivity contribution in [2.24, 2.45) is 5.92 Å². The van der Waals surface area contributed by atoms with E-state index in [0.29, 0.717) is 12.0 Å². The van der Waals surface area contributed by atoms with Gasteiger partial charge in [-0.05, 0) is 38.3 Å². The lowest BCUT2D eigenvalue weighted by molar-refractivity contribution is 0.0443. The summed E-state index contributed by atoms with van der Waals surface area (Å²) in [5.74, 6) is 0.648. The molecule has 2 nitrogen and oxygen atoms in total. The van der Waals surface area contributed by atoms with Gasteiger partial charge in [0, 0.05) is 6.61 Å². The van der Waals surface area contributed by atoms with E-state index in [9.17, 15) is 0 Å². The fraction of sp³-hybridized carbons (Fsp3) is 0.714. The lowest BCUT2D eigenvalue weighted by atomic mass is 10.1. The molecule has 0 aliphatic heterocycles. The topological polar surface area (TPSA) is 22.4 Å². The van der Waals surface area contributed by atoms with Gasteiger partial charge in [0.2, 0.25) is 0 Å². The van der Waals surface area contributed by atoms with Crippen LogP contribution in [0.15, 0.2) is 23.0 Å². The second-order valence-corrected chi connectivity index (χ2v) is 3.71. The Morgan fingerprint density at radius 2 is 1.81 bits per heavy atom. The molecule has 2 heteroatoms. The van der Waals surface area contributed by atoms with Crippen molar-refractivity contribution in [3.8, 4) is 0 Å². The van der Waals surface area contributed by atoms with E-state index in [0.717, 1.165) is 6.61 Å². The number of aryl methyl sites for hydroxylation is 1. The molecule has 1 aromatic rings. The minimum absolute atomic E-state index is 0.417. The first-order valence-corrected chi connectivity index (χ1v) is 6.18. The maximum absolute atomic E-state index is 5.30. The van der Waals surface area contributed by atoms with Gasteiger partial charge in [0.15, 0.2) is 0 Å². The normalized spacial score (nSPS) is 11.0. The summed E-state index contributed by atoms with van der Waals surface area (Å²) >= 11 is 0. The molecule has 1 rings (SSSR count). The molecule has 0 aliphatic carbocycles. The van der Waals surface area contributed by atoms with Crippen LogP contribution in [0.1, 0.15) is 47.1 Å². The molecule has 0 spiro atoms. The van der Waals surface area contributed by atoms with Gasteiger partial charge in [-0.25, -0.2) is 0 Å². The second-order valence-electron chi connectivity index (χ2n) is 3.71. The fourth-order valence-corrected chi connectivity index (χ4v) is 0.788. The van der Waals surface area contributed by atoms with Crippen molar-refractivity contribution in [3.63, 3.8) is 0 Å². The third kappa shape index (κ3) is 11.3. The Morgan fingerprint density at radius 1 is 1.25 bits per heavy atom. The largest absolute Gasteiger partial charge is 0.472 e. The average molecular weight is 228 g/mol. The minimum atomic E-state index is 0.417. The van der Waals surface area contributed by atoms with Gasteiger partial charge in [-0.3, -0.25) is 0 Å². The molecule has 1 aromatic heterocycles. The highest BCUT2D eigenvalue weighted by Gasteiger charge is 2.03. The van der Waals surface area contributed by atoms with Crippen molar-refractivity contribution in [3.05, 3.63) is 24.2 Å². The number of hydrogen-bond donors (Lipinski definition) is 0. The van der Waals surface area contributed by atoms with Gasteiger partial charge < -0.3 is 9.15 Å². The molecule has 0 saturated carbocycles. The maximum atomic E-state index is 5.30. The van der Waals surface area contributed by atoms with Crippen molar-refractivity contribution >= 4 is 0 Å². The van der Waals surface area contributed by atoms with Crippen LogP contribution in [0.5, 0.6) is 0 Å². The van der Waals surface area contributed by atoms with Crippen LogP contribution >= 0.6 is 0 Å². The average Bonchev–Trinajstić information content (AvgIpc) is 2.73. The van der Waals surface area contributed by atoms with Crippen molar-refractivity contribution in [2.75, 3.05) is 6.61 Å². The Bertz CT molecular complexity index is 203. The van der Waals surface area contributed by atoms with Crippen molar-refractivity contribution in [2.45, 2.75) is 54.6 Å². The first kappa shape index (κ1) is 17.6. The van der Waals surface area contributed by atoms with E-state index >= 15 is 0 Å². The summed E-state index contributed by atoms with van der Waals surface area (Å²) in [6, 6.07) is 1.92. The van der Waals surface area contributed by atoms with Gasteiger partial charge in [-0.15, -0.1) is 0 Å². The van der Waals surface area contributed by atoms with Gasteiger partial charge >= 0.3 is 0 Å². The quantitative estimate of drug-likeness (QED) is 0.749. The van der Waals surface area contributed by atoms with Crippen LogP contribution in [0.2, 0.25) is 0 Å². The molecule has 1 atom stereocenters. The molecule has 0 aliphatic rings. The van der Waals surface area contributed by atoms with Gasteiger partial charge in [-0.2, -0.15) is 0 Å². The molecule has 0 radical (unpaired) electrons. The Hall–Kier alpha value is -0.760. The highest BCUT2D eigenvalue weighted by molar-refractivity contribution is 5.00. The van der Waals surface area contributed by atoms with E-state index in [1.165, 1.54) is 5.56 Å². The van der Waals surface area contributed by atoms with Gasteiger partial charge in [-0.1, -0.05) is 27.7 Å². The molecule has 0 N–H and O–H groups in total. The van der Waals surface area contributed by atoms with E-state index in [-0.39, 0.29) is 0 Å². The summed E-state index contributed by atoms with van der Waals surface area (Å²) in [6.07, 6.45) is 3.79. The Morgan fingerprint density at radius 3 is 1.94 bits per heavy atom. The molecule has 1 heterocycles. The standard InChI is InChI=1S/C7H16O.C5H6O.C2H6/c1-5-8-7(4)6(2)3;1-5-2-3-6-4-5;1-2/h6-7H,5H2,1-4H3;2-4H,1H3;1-2H3. The van der Waals surface area contributed by atoms with Crippen LogP contribution in [0.4, 0.5) is 0 Å². The molecular formula is C14H28O2. The summed E-state index contributed by atoms with van der Waals surface area (Å²) < 4.78 is 10.0. The van der Waals surface area contributed by atoms with Gasteiger partial charge in [0.05, 0.1) is 18.6 Å². The molecule has 0 aromatic carbocycles. The predicted molar refractivity (Wildman–Crippen MR) is 70.7 cm³/mol. The second kappa shape index (κ2) is 12.3. The fourth-order valence-electron chi connectivity index (χ4n) is 0.788. The van der Waals surface area contributed by atoms with E-state index in [2.05, 4.69) is 20.8 Å². The van der Waals surface area contributed by atoms with Crippen LogP contribution in [0, 0.1) is 12.8 Å². The van der Waals surface area contributed by atoms with E-state index < -0.39 is 0 Å². The predicted octanol–water partition coefficient (Wildman–Crippen LogP) is 4.68. The first-order chi connectivity index (χ1) is 7.57. The highest BCUT2D eigenvalue weighted by Crippen LogP contribution is 2.03. The zero-order chi connectivity index (χ0) is 13.0. The molecule has 96 valence electrons. The van der Waals surface area contributed by atoms with Crippen LogP contribution in [0.25, 0.3) is 0 Å². The Balaban J connectivity index is 0. The molecule has 0 bridgehead atoms. The lowest BCUT2D eigenvalue weighted by Gasteiger charge is -2.14. The maximum Gasteiger partial charge on any atom is 0.0931 e. The number of ether oxygens (including phenoxy) is 1. The van der Waals surface area contributed by atoms with Gasteiger partial charge in [0.1, 0.15) is 0 Å². The first-order valence-electron chi connectivity index (χ1n) is 6.18. The Kier molecular flexibility index (Phi) is 13.6. The summed E-state index contributed by atoms with van der Waals surface area (Å²) in [7, 11) is 0. The van der Waals surface area contributed by atoms with Crippen molar-refractivity contribution in [1.29, 1.82) is 0 Å². The zero-order valence-electron chi connectivity index (χ0n) is 11.9. The summed E-state index contributed by atoms with van der Waals surface area (Å²) in [5.41, 5.74) is 1.18. The Labute approximate surface area is 101 Å². The van der Waals surface area contributed by atoms with Crippen LogP contribution in [0.3, 0.4) is 0 Å². The third-order valence-corrected chi connectivity index (χ3v) is 2.03. The number of furan rings is 1. The summed E-state index contributed by atoms with van der Waals surface area (Å²) in [5, 5.41) is 0. The van der Waals surface area contributed by atoms with Crippen LogP contribution in [-0.4, -0.2) is 12.7 Å². The lowest BCUT2D eigenvalue weighted by Crippen LogP contribution is -2.14. The van der Waals surface area contributed by atoms with E-state index in [1.54, 1.807) is 12.5 Å². The number of rotatable bonds is 3. The summed E-state index contributed by atoms with van der Waals surface area (Å²) in [6.45, 7) is 15.3. The minimum Gasteiger partial charge on any atom is -0.472 e. The summed E-state index contributed by atoms with van der Waals surface area (Å²) in [4.78, 5) is 0. The number of hydrogen-bond acceptors (Lipinski definition) is 2. The molecule has 0 amide bonds. The molecule has 1 unspecified atom stereocenters. The molecule has 0 saturated heterocycles. The van der Waals surface area contributed by atoms with E-state index in [4.69, 9.17) is 9.15 Å². The van der Waals surface area contributed by atoms with Crippen LogP contribution in [-0.2, 0) is 4.74 Å². The van der Waals surface area contributed by atoms with Crippen LogP contribution < -0.4 is 0 Å². The molecule has 16 heavy (non-hydrogen) atoms. The van der Waals surface area contributed by atoms with Gasteiger partial charge in [0.25, 0.3) is 0 Å². The SMILES string of the molecule is CC.CCOC(C)C(C)C.Cc1ccoc1. The van der Waals surface area contributed by atoms with Crippen molar-refractivity contribution in [1.82, 2.24) is 0 Å². The molecule has 0 fully saturated rings. The zero-order valence-corrected chi connectivity index (χ0v) is 11.9. The monoisotopic (exact) mass is 228 g/mol. The molecular weight excluding hydrogens is 200 g/mol. The van der Waals surface area contributed by atoms with Crippen molar-refractivity contribution < 1.29 is 9.15 Å². The smallest absolute Gasteiger partial charge is 0.0931 e. The highest BCUT2D eigenvalue weighted by atomic mass is 16.5.